The standard InChI is InChI=1S/C15H26N4/c1-6-17-19(9-1)13-15-4-10-18(11-5-15)12-14-2-7-16-8-3-14/h1,6,9,14-16H,2-5,7-8,10-13H2. The number of piperidine rings is 2. The maximum absolute atomic E-state index is 4.32. The fourth-order valence-corrected chi connectivity index (χ4v) is 3.45. The maximum Gasteiger partial charge on any atom is 0.0489 e. The second kappa shape index (κ2) is 6.53. The third-order valence-electron chi connectivity index (χ3n) is 4.69. The molecule has 4 heteroatoms. The molecule has 0 aliphatic carbocycles. The van der Waals surface area contributed by atoms with Crippen molar-refractivity contribution in [2.24, 2.45) is 11.8 Å². The van der Waals surface area contributed by atoms with Gasteiger partial charge in [0.15, 0.2) is 0 Å². The van der Waals surface area contributed by atoms with Crippen LogP contribution in [0.15, 0.2) is 18.5 Å². The van der Waals surface area contributed by atoms with Crippen LogP contribution in [0.1, 0.15) is 25.7 Å². The lowest BCUT2D eigenvalue weighted by Gasteiger charge is -2.35. The Labute approximate surface area is 116 Å². The Kier molecular flexibility index (Phi) is 4.51. The molecule has 0 aromatic carbocycles. The SMILES string of the molecule is c1cnn(CC2CCN(CC3CCNCC3)CC2)c1. The third kappa shape index (κ3) is 3.80. The van der Waals surface area contributed by atoms with E-state index in [4.69, 9.17) is 0 Å². The quantitative estimate of drug-likeness (QED) is 0.894. The molecule has 0 radical (unpaired) electrons. The number of hydrogen-bond acceptors (Lipinski definition) is 3. The van der Waals surface area contributed by atoms with E-state index in [9.17, 15) is 0 Å². The van der Waals surface area contributed by atoms with Gasteiger partial charge in [-0.25, -0.2) is 0 Å². The van der Waals surface area contributed by atoms with Crippen molar-refractivity contribution >= 4 is 0 Å². The van der Waals surface area contributed by atoms with Gasteiger partial charge in [-0.2, -0.15) is 5.10 Å². The van der Waals surface area contributed by atoms with Crippen LogP contribution in [-0.2, 0) is 6.54 Å². The molecule has 19 heavy (non-hydrogen) atoms. The van der Waals surface area contributed by atoms with Gasteiger partial charge < -0.3 is 10.2 Å². The summed E-state index contributed by atoms with van der Waals surface area (Å²) in [5, 5.41) is 7.77. The minimum absolute atomic E-state index is 0.823. The Balaban J connectivity index is 1.39. The molecule has 1 aromatic heterocycles. The second-order valence-electron chi connectivity index (χ2n) is 6.17. The molecule has 1 aromatic rings. The molecule has 2 aliphatic rings. The topological polar surface area (TPSA) is 33.1 Å². The first kappa shape index (κ1) is 13.1. The largest absolute Gasteiger partial charge is 0.317 e. The van der Waals surface area contributed by atoms with Crippen LogP contribution < -0.4 is 5.32 Å². The second-order valence-corrected chi connectivity index (χ2v) is 6.17. The van der Waals surface area contributed by atoms with Gasteiger partial charge in [-0.1, -0.05) is 0 Å². The summed E-state index contributed by atoms with van der Waals surface area (Å²) in [4.78, 5) is 2.69. The first-order valence-electron chi connectivity index (χ1n) is 7.80. The Morgan fingerprint density at radius 1 is 1.00 bits per heavy atom. The van der Waals surface area contributed by atoms with Crippen LogP contribution in [0.4, 0.5) is 0 Å². The summed E-state index contributed by atoms with van der Waals surface area (Å²) in [6, 6.07) is 2.02. The minimum atomic E-state index is 0.823. The predicted molar refractivity (Wildman–Crippen MR) is 77.0 cm³/mol. The van der Waals surface area contributed by atoms with Gasteiger partial charge in [0.25, 0.3) is 0 Å². The zero-order chi connectivity index (χ0) is 12.9. The van der Waals surface area contributed by atoms with E-state index in [1.165, 1.54) is 58.4 Å². The average Bonchev–Trinajstić information content (AvgIpc) is 2.95. The van der Waals surface area contributed by atoms with Crippen molar-refractivity contribution in [1.29, 1.82) is 0 Å². The van der Waals surface area contributed by atoms with Crippen molar-refractivity contribution in [3.05, 3.63) is 18.5 Å². The summed E-state index contributed by atoms with van der Waals surface area (Å²) in [6.45, 7) is 7.46. The first-order chi connectivity index (χ1) is 9.40. The number of nitrogens with one attached hydrogen (secondary N) is 1. The molecule has 1 N–H and O–H groups in total. The highest BCUT2D eigenvalue weighted by molar-refractivity contribution is 4.81. The smallest absolute Gasteiger partial charge is 0.0489 e. The van der Waals surface area contributed by atoms with Gasteiger partial charge in [-0.05, 0) is 69.8 Å². The summed E-state index contributed by atoms with van der Waals surface area (Å²) >= 11 is 0. The zero-order valence-electron chi connectivity index (χ0n) is 11.8. The number of hydrogen-bond donors (Lipinski definition) is 1. The lowest BCUT2D eigenvalue weighted by atomic mass is 9.93. The Hall–Kier alpha value is -0.870. The first-order valence-corrected chi connectivity index (χ1v) is 7.80. The summed E-state index contributed by atoms with van der Waals surface area (Å²) in [7, 11) is 0. The van der Waals surface area contributed by atoms with E-state index >= 15 is 0 Å². The molecule has 0 spiro atoms. The van der Waals surface area contributed by atoms with Crippen LogP contribution in [0.3, 0.4) is 0 Å². The van der Waals surface area contributed by atoms with Crippen LogP contribution in [0.5, 0.6) is 0 Å². The van der Waals surface area contributed by atoms with Crippen LogP contribution >= 0.6 is 0 Å². The van der Waals surface area contributed by atoms with E-state index < -0.39 is 0 Å². The molecule has 0 unspecified atom stereocenters. The van der Waals surface area contributed by atoms with Crippen molar-refractivity contribution < 1.29 is 0 Å². The van der Waals surface area contributed by atoms with Gasteiger partial charge in [-0.3, -0.25) is 4.68 Å². The van der Waals surface area contributed by atoms with E-state index in [1.807, 2.05) is 12.3 Å². The van der Waals surface area contributed by atoms with Crippen molar-refractivity contribution in [1.82, 2.24) is 20.0 Å². The highest BCUT2D eigenvalue weighted by atomic mass is 15.3. The summed E-state index contributed by atoms with van der Waals surface area (Å²) in [6.07, 6.45) is 9.38. The van der Waals surface area contributed by atoms with E-state index in [-0.39, 0.29) is 0 Å². The Bertz CT molecular complexity index is 348. The normalized spacial score (nSPS) is 23.8. The average molecular weight is 262 g/mol. The van der Waals surface area contributed by atoms with Gasteiger partial charge in [0, 0.05) is 25.5 Å². The lowest BCUT2D eigenvalue weighted by Crippen LogP contribution is -2.40. The van der Waals surface area contributed by atoms with Gasteiger partial charge in [0.05, 0.1) is 0 Å². The van der Waals surface area contributed by atoms with E-state index in [2.05, 4.69) is 26.2 Å². The molecule has 2 fully saturated rings. The van der Waals surface area contributed by atoms with Crippen molar-refractivity contribution in [3.8, 4) is 0 Å². The number of likely N-dealkylation sites (tertiary alicyclic amines) is 1. The van der Waals surface area contributed by atoms with Crippen LogP contribution in [-0.4, -0.2) is 47.4 Å². The van der Waals surface area contributed by atoms with Gasteiger partial charge >= 0.3 is 0 Å². The fraction of sp³-hybridized carbons (Fsp3) is 0.800. The molecule has 0 amide bonds. The Morgan fingerprint density at radius 3 is 2.42 bits per heavy atom. The van der Waals surface area contributed by atoms with Crippen molar-refractivity contribution in [2.75, 3.05) is 32.7 Å². The molecule has 0 bridgehead atoms. The summed E-state index contributed by atoms with van der Waals surface area (Å²) in [5.74, 6) is 1.76. The highest BCUT2D eigenvalue weighted by Crippen LogP contribution is 2.21. The minimum Gasteiger partial charge on any atom is -0.317 e. The van der Waals surface area contributed by atoms with Crippen LogP contribution in [0, 0.1) is 11.8 Å². The molecule has 0 saturated carbocycles. The highest BCUT2D eigenvalue weighted by Gasteiger charge is 2.22. The van der Waals surface area contributed by atoms with Crippen LogP contribution in [0.25, 0.3) is 0 Å². The van der Waals surface area contributed by atoms with Crippen molar-refractivity contribution in [2.45, 2.75) is 32.2 Å². The molecule has 4 nitrogen and oxygen atoms in total. The van der Waals surface area contributed by atoms with Gasteiger partial charge in [0.1, 0.15) is 0 Å². The third-order valence-corrected chi connectivity index (χ3v) is 4.69. The fourth-order valence-electron chi connectivity index (χ4n) is 3.45. The molecular formula is C15H26N4. The molecular weight excluding hydrogens is 236 g/mol. The molecule has 0 atom stereocenters. The predicted octanol–water partition coefficient (Wildman–Crippen LogP) is 1.59. The zero-order valence-corrected chi connectivity index (χ0v) is 11.8. The molecule has 2 saturated heterocycles. The molecule has 2 aliphatic heterocycles. The Morgan fingerprint density at radius 2 is 1.74 bits per heavy atom. The maximum atomic E-state index is 4.32. The molecule has 3 rings (SSSR count). The molecule has 3 heterocycles. The van der Waals surface area contributed by atoms with Gasteiger partial charge in [-0.15, -0.1) is 0 Å². The number of nitrogens with zero attached hydrogens (tertiary/aromatic N) is 3. The lowest BCUT2D eigenvalue weighted by molar-refractivity contribution is 0.140. The van der Waals surface area contributed by atoms with Gasteiger partial charge in [0.2, 0.25) is 0 Å². The van der Waals surface area contributed by atoms with E-state index in [0.717, 1.165) is 18.4 Å². The van der Waals surface area contributed by atoms with Crippen molar-refractivity contribution in [3.63, 3.8) is 0 Å². The van der Waals surface area contributed by atoms with E-state index in [0.29, 0.717) is 0 Å². The van der Waals surface area contributed by atoms with E-state index in [1.54, 1.807) is 0 Å². The monoisotopic (exact) mass is 262 g/mol. The summed E-state index contributed by atoms with van der Waals surface area (Å²) in [5.41, 5.74) is 0. The summed E-state index contributed by atoms with van der Waals surface area (Å²) < 4.78 is 2.09. The van der Waals surface area contributed by atoms with Crippen LogP contribution in [0.2, 0.25) is 0 Å². The molecule has 106 valence electrons. The number of rotatable bonds is 4. The number of aromatic nitrogens is 2.